The van der Waals surface area contributed by atoms with Crippen molar-refractivity contribution in [1.29, 1.82) is 0 Å². The predicted molar refractivity (Wildman–Crippen MR) is 210 cm³/mol. The van der Waals surface area contributed by atoms with Crippen LogP contribution in [-0.4, -0.2) is 82.2 Å². The molecule has 304 valence electrons. The molecule has 2 heterocycles. The molecule has 0 spiro atoms. The Morgan fingerprint density at radius 3 is 2.46 bits per heavy atom. The van der Waals surface area contributed by atoms with Crippen molar-refractivity contribution in [2.75, 3.05) is 6.54 Å². The van der Waals surface area contributed by atoms with Crippen LogP contribution in [0.5, 0.6) is 5.88 Å². The number of aryl methyl sites for hydroxylation is 1. The van der Waals surface area contributed by atoms with Gasteiger partial charge in [-0.25, -0.2) is 18.2 Å². The fourth-order valence-corrected chi connectivity index (χ4v) is 8.70. The van der Waals surface area contributed by atoms with Gasteiger partial charge in [0.2, 0.25) is 33.6 Å². The quantitative estimate of drug-likeness (QED) is 0.155. The van der Waals surface area contributed by atoms with Gasteiger partial charge >= 0.3 is 6.09 Å². The first-order chi connectivity index (χ1) is 26.5. The van der Waals surface area contributed by atoms with Crippen molar-refractivity contribution in [1.82, 2.24) is 24.9 Å². The van der Waals surface area contributed by atoms with E-state index in [0.717, 1.165) is 61.8 Å². The number of carbonyl (C=O) groups is 4. The van der Waals surface area contributed by atoms with E-state index in [1.54, 1.807) is 27.7 Å². The summed E-state index contributed by atoms with van der Waals surface area (Å²) < 4.78 is 38.2. The van der Waals surface area contributed by atoms with Crippen LogP contribution in [0.2, 0.25) is 0 Å². The number of amides is 4. The number of carbonyl (C=O) groups excluding carboxylic acids is 4. The monoisotopic (exact) mass is 792 g/mol. The lowest BCUT2D eigenvalue weighted by Gasteiger charge is -2.28. The Morgan fingerprint density at radius 2 is 1.77 bits per heavy atom. The summed E-state index contributed by atoms with van der Waals surface area (Å²) >= 11 is 0. The molecule has 15 heteroatoms. The Labute approximate surface area is 329 Å². The molecule has 2 aromatic rings. The molecule has 4 N–H and O–H groups in total. The van der Waals surface area contributed by atoms with Crippen molar-refractivity contribution in [2.45, 2.75) is 140 Å². The molecular formula is C41H56N6O8S. The molecule has 2 saturated carbocycles. The smallest absolute Gasteiger partial charge is 0.408 e. The fourth-order valence-electron chi connectivity index (χ4n) is 7.40. The second kappa shape index (κ2) is 16.9. The van der Waals surface area contributed by atoms with Gasteiger partial charge in [0.1, 0.15) is 23.8 Å². The number of nitrogens with one attached hydrogen (secondary N) is 2. The van der Waals surface area contributed by atoms with E-state index in [4.69, 9.17) is 25.2 Å². The number of hydrogen-bond acceptors (Lipinski definition) is 10. The van der Waals surface area contributed by atoms with Crippen LogP contribution in [-0.2, 0) is 42.0 Å². The van der Waals surface area contributed by atoms with E-state index >= 15 is 0 Å². The first-order valence-corrected chi connectivity index (χ1v) is 21.5. The maximum Gasteiger partial charge on any atom is 0.408 e. The molecule has 0 radical (unpaired) electrons. The number of ether oxygens (including phenoxy) is 2. The lowest BCUT2D eigenvalue weighted by atomic mass is 9.96. The van der Waals surface area contributed by atoms with Crippen LogP contribution in [0.4, 0.5) is 4.79 Å². The number of likely N-dealkylation sites (tertiary alicyclic amines) is 1. The van der Waals surface area contributed by atoms with Gasteiger partial charge in [0.05, 0.1) is 17.0 Å². The molecule has 0 bridgehead atoms. The van der Waals surface area contributed by atoms with Crippen molar-refractivity contribution in [2.24, 2.45) is 17.6 Å². The maximum atomic E-state index is 14.2. The topological polar surface area (TPSA) is 200 Å². The first-order valence-electron chi connectivity index (χ1n) is 20.0. The number of benzene rings is 1. The van der Waals surface area contributed by atoms with Gasteiger partial charge in [-0.1, -0.05) is 55.3 Å². The van der Waals surface area contributed by atoms with Gasteiger partial charge in [-0.05, 0) is 97.8 Å². The molecule has 1 aromatic carbocycles. The molecule has 5 unspecified atom stereocenters. The molecule has 6 rings (SSSR count). The highest BCUT2D eigenvalue weighted by atomic mass is 32.2. The summed E-state index contributed by atoms with van der Waals surface area (Å²) in [6.07, 6.45) is 11.5. The molecule has 1 aliphatic heterocycles. The highest BCUT2D eigenvalue weighted by Crippen LogP contribution is 2.44. The Kier molecular flexibility index (Phi) is 12.4. The van der Waals surface area contributed by atoms with E-state index < -0.39 is 62.4 Å². The number of primary amides is 1. The van der Waals surface area contributed by atoms with Crippen LogP contribution in [0.15, 0.2) is 42.5 Å². The van der Waals surface area contributed by atoms with Gasteiger partial charge in [0.15, 0.2) is 5.82 Å². The number of nitrogens with zero attached hydrogens (tertiary/aromatic N) is 3. The minimum atomic E-state index is -3.64. The van der Waals surface area contributed by atoms with Gasteiger partial charge in [-0.3, -0.25) is 19.1 Å². The third kappa shape index (κ3) is 10.3. The van der Waals surface area contributed by atoms with Crippen molar-refractivity contribution >= 4 is 33.8 Å². The number of nitrogens with two attached hydrogens (primary N) is 1. The van der Waals surface area contributed by atoms with Crippen LogP contribution in [0.3, 0.4) is 0 Å². The second-order valence-corrected chi connectivity index (χ2v) is 19.1. The SMILES string of the molecule is CC(C)(C)OC(=O)NC(CCCCCC=CC1CC1C(=O)NS(=O)(=O)C1(C)CC1)C(=O)N1CC(Oc2nc(-c3ccccc3)nc3c2CCCC3)CC1C(N)=O. The number of alkyl carbamates (subject to hydrolysis) is 1. The molecule has 4 amide bonds. The Morgan fingerprint density at radius 1 is 1.04 bits per heavy atom. The van der Waals surface area contributed by atoms with E-state index in [9.17, 15) is 27.6 Å². The minimum absolute atomic E-state index is 0.0226. The fraction of sp³-hybridized carbons (Fsp3) is 0.610. The zero-order valence-electron chi connectivity index (χ0n) is 32.9. The summed E-state index contributed by atoms with van der Waals surface area (Å²) in [5, 5.41) is 2.75. The summed E-state index contributed by atoms with van der Waals surface area (Å²) in [6.45, 7) is 6.97. The third-order valence-corrected chi connectivity index (χ3v) is 13.3. The van der Waals surface area contributed by atoms with Crippen molar-refractivity contribution in [3.8, 4) is 17.3 Å². The number of allylic oxidation sites excluding steroid dienone is 2. The zero-order valence-corrected chi connectivity index (χ0v) is 33.7. The highest BCUT2D eigenvalue weighted by molar-refractivity contribution is 7.91. The van der Waals surface area contributed by atoms with Gasteiger partial charge in [0.25, 0.3) is 0 Å². The van der Waals surface area contributed by atoms with E-state index in [0.29, 0.717) is 43.8 Å². The van der Waals surface area contributed by atoms with Crippen molar-refractivity contribution in [3.63, 3.8) is 0 Å². The Balaban J connectivity index is 1.05. The maximum absolute atomic E-state index is 14.2. The first kappa shape index (κ1) is 41.1. The standard InChI is InChI=1S/C41H56N6O8S/c1-40(2,3)55-39(51)44-32(20-12-7-5-6-9-17-27-23-30(27)36(49)46-56(52,53)41(4)21-22-41)38(50)47-25-28(24-33(47)34(42)48)54-37-29-18-13-14-19-31(29)43-35(45-37)26-15-10-8-11-16-26/h8-11,15-17,27-28,30,32-33H,5-7,12-14,18-25H2,1-4H3,(H2,42,48)(H,44,51)(H,46,49). The Bertz CT molecular complexity index is 1930. The average Bonchev–Trinajstić information content (AvgIpc) is 4.06. The largest absolute Gasteiger partial charge is 0.472 e. The normalized spacial score (nSPS) is 23.2. The molecule has 5 atom stereocenters. The lowest BCUT2D eigenvalue weighted by Crippen LogP contribution is -2.53. The lowest BCUT2D eigenvalue weighted by molar-refractivity contribution is -0.139. The molecule has 1 aromatic heterocycles. The van der Waals surface area contributed by atoms with Crippen molar-refractivity contribution in [3.05, 3.63) is 53.7 Å². The summed E-state index contributed by atoms with van der Waals surface area (Å²) in [5.74, 6) is -0.801. The number of unbranched alkanes of at least 4 members (excludes halogenated alkanes) is 3. The summed E-state index contributed by atoms with van der Waals surface area (Å²) in [6, 6.07) is 7.78. The molecule has 4 aliphatic rings. The van der Waals surface area contributed by atoms with Crippen LogP contribution in [0.25, 0.3) is 11.4 Å². The number of sulfonamides is 1. The van der Waals surface area contributed by atoms with Gasteiger partial charge in [0, 0.05) is 23.5 Å². The molecule has 1 saturated heterocycles. The third-order valence-electron chi connectivity index (χ3n) is 11.1. The number of hydrogen-bond donors (Lipinski definition) is 3. The van der Waals surface area contributed by atoms with Gasteiger partial charge in [-0.2, -0.15) is 4.98 Å². The van der Waals surface area contributed by atoms with E-state index in [1.165, 1.54) is 4.90 Å². The minimum Gasteiger partial charge on any atom is -0.472 e. The van der Waals surface area contributed by atoms with Gasteiger partial charge < -0.3 is 25.4 Å². The molecule has 3 fully saturated rings. The molecule has 14 nitrogen and oxygen atoms in total. The van der Waals surface area contributed by atoms with Crippen LogP contribution >= 0.6 is 0 Å². The Hall–Kier alpha value is -4.53. The average molecular weight is 793 g/mol. The van der Waals surface area contributed by atoms with E-state index in [-0.39, 0.29) is 24.8 Å². The van der Waals surface area contributed by atoms with E-state index in [2.05, 4.69) is 10.0 Å². The predicted octanol–water partition coefficient (Wildman–Crippen LogP) is 4.89. The highest BCUT2D eigenvalue weighted by Gasteiger charge is 2.52. The zero-order chi connectivity index (χ0) is 40.3. The summed E-state index contributed by atoms with van der Waals surface area (Å²) in [7, 11) is -3.64. The number of fused-ring (bicyclic) bond motifs is 1. The molecule has 56 heavy (non-hydrogen) atoms. The second-order valence-electron chi connectivity index (χ2n) is 16.9. The van der Waals surface area contributed by atoms with E-state index in [1.807, 2.05) is 42.5 Å². The van der Waals surface area contributed by atoms with Gasteiger partial charge in [-0.15, -0.1) is 0 Å². The van der Waals surface area contributed by atoms with Crippen LogP contribution in [0, 0.1) is 11.8 Å². The van der Waals surface area contributed by atoms with Crippen molar-refractivity contribution < 1.29 is 37.1 Å². The number of rotatable bonds is 16. The molecular weight excluding hydrogens is 737 g/mol. The summed E-state index contributed by atoms with van der Waals surface area (Å²) in [4.78, 5) is 63.5. The van der Waals surface area contributed by atoms with Crippen LogP contribution < -0.4 is 20.5 Å². The molecule has 3 aliphatic carbocycles. The summed E-state index contributed by atoms with van der Waals surface area (Å²) in [5.41, 5.74) is 7.84. The number of aromatic nitrogens is 2. The van der Waals surface area contributed by atoms with Crippen LogP contribution in [0.1, 0.15) is 110 Å².